The van der Waals surface area contributed by atoms with Gasteiger partial charge < -0.3 is 10.3 Å². The number of para-hydroxylation sites is 1. The lowest BCUT2D eigenvalue weighted by Gasteiger charge is -2.09. The Labute approximate surface area is 174 Å². The minimum absolute atomic E-state index is 0.133. The van der Waals surface area contributed by atoms with Gasteiger partial charge in [-0.15, -0.1) is 0 Å². The fourth-order valence-electron chi connectivity index (χ4n) is 3.28. The lowest BCUT2D eigenvalue weighted by atomic mass is 10.1. The van der Waals surface area contributed by atoms with E-state index in [0.29, 0.717) is 26.8 Å². The van der Waals surface area contributed by atoms with Crippen molar-refractivity contribution >= 4 is 32.9 Å². The molecule has 3 aromatic heterocycles. The maximum Gasteiger partial charge on any atom is 0.253 e. The number of carbonyl (C=O) groups excluding carboxylic acids is 1. The Kier molecular flexibility index (Phi) is 5.02. The van der Waals surface area contributed by atoms with Gasteiger partial charge in [-0.05, 0) is 59.6 Å². The molecule has 0 saturated carbocycles. The van der Waals surface area contributed by atoms with Crippen molar-refractivity contribution in [3.05, 3.63) is 86.0 Å². The molecule has 29 heavy (non-hydrogen) atoms. The van der Waals surface area contributed by atoms with Crippen LogP contribution in [0, 0.1) is 13.8 Å². The van der Waals surface area contributed by atoms with E-state index in [9.17, 15) is 9.59 Å². The zero-order valence-electron chi connectivity index (χ0n) is 15.9. The van der Waals surface area contributed by atoms with Gasteiger partial charge in [-0.1, -0.05) is 18.2 Å². The molecule has 0 aliphatic carbocycles. The van der Waals surface area contributed by atoms with Crippen molar-refractivity contribution < 1.29 is 4.79 Å². The molecule has 0 atom stereocenters. The zero-order chi connectivity index (χ0) is 20.5. The molecule has 0 aliphatic rings. The molecule has 146 valence electrons. The van der Waals surface area contributed by atoms with Crippen LogP contribution < -0.4 is 10.9 Å². The van der Waals surface area contributed by atoms with Gasteiger partial charge in [0.1, 0.15) is 4.60 Å². The molecule has 4 aromatic rings. The fourth-order valence-corrected chi connectivity index (χ4v) is 3.68. The minimum atomic E-state index is -0.301. The van der Waals surface area contributed by atoms with Crippen molar-refractivity contribution in [1.29, 1.82) is 0 Å². The topological polar surface area (TPSA) is 92.7 Å². The van der Waals surface area contributed by atoms with Crippen LogP contribution in [-0.4, -0.2) is 25.7 Å². The van der Waals surface area contributed by atoms with Gasteiger partial charge >= 0.3 is 0 Å². The van der Waals surface area contributed by atoms with Crippen LogP contribution in [0.1, 0.15) is 27.2 Å². The van der Waals surface area contributed by atoms with E-state index in [0.717, 1.165) is 16.9 Å². The number of halogens is 1. The summed E-state index contributed by atoms with van der Waals surface area (Å²) in [7, 11) is 0. The first-order valence-corrected chi connectivity index (χ1v) is 9.80. The first kappa shape index (κ1) is 19.1. The van der Waals surface area contributed by atoms with E-state index >= 15 is 0 Å². The molecule has 3 heterocycles. The standard InChI is InChI=1S/C21H18BrN5O2/c1-12-8-13(2)25-21(29)16(12)10-23-20(28)15-9-18(22)26-19-17(15)11-24-27(19)14-6-4-3-5-7-14/h3-9,11H,10H2,1-2H3,(H,23,28)(H,25,29). The number of hydrogen-bond acceptors (Lipinski definition) is 4. The molecule has 0 radical (unpaired) electrons. The van der Waals surface area contributed by atoms with Crippen molar-refractivity contribution in [3.8, 4) is 5.69 Å². The minimum Gasteiger partial charge on any atom is -0.348 e. The number of nitrogens with one attached hydrogen (secondary N) is 2. The number of aromatic amines is 1. The lowest BCUT2D eigenvalue weighted by Crippen LogP contribution is -2.28. The SMILES string of the molecule is Cc1cc(C)c(CNC(=O)c2cc(Br)nc3c2cnn3-c2ccccc2)c(=O)[nH]1. The summed E-state index contributed by atoms with van der Waals surface area (Å²) in [4.78, 5) is 32.4. The van der Waals surface area contributed by atoms with Gasteiger partial charge in [0.25, 0.3) is 11.5 Å². The second kappa shape index (κ2) is 7.63. The summed E-state index contributed by atoms with van der Waals surface area (Å²) in [6.07, 6.45) is 1.63. The summed E-state index contributed by atoms with van der Waals surface area (Å²) in [6, 6.07) is 13.1. The second-order valence-electron chi connectivity index (χ2n) is 6.75. The number of amides is 1. The Bertz CT molecular complexity index is 1280. The molecule has 0 spiro atoms. The Balaban J connectivity index is 1.68. The molecule has 0 saturated heterocycles. The molecule has 7 nitrogen and oxygen atoms in total. The number of benzene rings is 1. The third-order valence-electron chi connectivity index (χ3n) is 4.68. The first-order chi connectivity index (χ1) is 13.9. The summed E-state index contributed by atoms with van der Waals surface area (Å²) < 4.78 is 2.21. The van der Waals surface area contributed by atoms with Crippen LogP contribution >= 0.6 is 15.9 Å². The van der Waals surface area contributed by atoms with Gasteiger partial charge in [-0.2, -0.15) is 5.10 Å². The van der Waals surface area contributed by atoms with E-state index in [2.05, 4.69) is 36.3 Å². The molecular formula is C21H18BrN5O2. The smallest absolute Gasteiger partial charge is 0.253 e. The number of hydrogen-bond donors (Lipinski definition) is 2. The Hall–Kier alpha value is -3.26. The molecule has 0 aliphatic heterocycles. The molecular weight excluding hydrogens is 434 g/mol. The maximum absolute atomic E-state index is 12.9. The van der Waals surface area contributed by atoms with Crippen molar-refractivity contribution in [2.45, 2.75) is 20.4 Å². The van der Waals surface area contributed by atoms with Crippen LogP contribution in [0.4, 0.5) is 0 Å². The number of pyridine rings is 2. The fraction of sp³-hybridized carbons (Fsp3) is 0.143. The zero-order valence-corrected chi connectivity index (χ0v) is 17.4. The van der Waals surface area contributed by atoms with E-state index in [4.69, 9.17) is 0 Å². The van der Waals surface area contributed by atoms with Crippen molar-refractivity contribution in [2.75, 3.05) is 0 Å². The summed E-state index contributed by atoms with van der Waals surface area (Å²) in [5.74, 6) is -0.301. The van der Waals surface area contributed by atoms with Crippen LogP contribution in [-0.2, 0) is 6.54 Å². The second-order valence-corrected chi connectivity index (χ2v) is 7.56. The number of fused-ring (bicyclic) bond motifs is 1. The molecule has 8 heteroatoms. The van der Waals surface area contributed by atoms with Crippen LogP contribution in [0.5, 0.6) is 0 Å². The molecule has 4 rings (SSSR count). The van der Waals surface area contributed by atoms with Crippen molar-refractivity contribution in [3.63, 3.8) is 0 Å². The average Bonchev–Trinajstić information content (AvgIpc) is 3.10. The van der Waals surface area contributed by atoms with Gasteiger partial charge in [-0.3, -0.25) is 9.59 Å². The Morgan fingerprint density at radius 3 is 2.69 bits per heavy atom. The number of aryl methyl sites for hydroxylation is 2. The van der Waals surface area contributed by atoms with Gasteiger partial charge in [0.2, 0.25) is 0 Å². The summed E-state index contributed by atoms with van der Waals surface area (Å²) >= 11 is 3.38. The van der Waals surface area contributed by atoms with Crippen LogP contribution in [0.25, 0.3) is 16.7 Å². The average molecular weight is 452 g/mol. The maximum atomic E-state index is 12.9. The van der Waals surface area contributed by atoms with Gasteiger partial charge in [0.05, 0.1) is 22.8 Å². The quantitative estimate of drug-likeness (QED) is 0.464. The third kappa shape index (κ3) is 3.71. The number of carbonyl (C=O) groups is 1. The number of aromatic nitrogens is 4. The van der Waals surface area contributed by atoms with Gasteiger partial charge in [-0.25, -0.2) is 9.67 Å². The van der Waals surface area contributed by atoms with Crippen molar-refractivity contribution in [1.82, 2.24) is 25.1 Å². The predicted molar refractivity (Wildman–Crippen MR) is 114 cm³/mol. The summed E-state index contributed by atoms with van der Waals surface area (Å²) in [5, 5.41) is 7.87. The molecule has 1 aromatic carbocycles. The molecule has 1 amide bonds. The van der Waals surface area contributed by atoms with Gasteiger partial charge in [0.15, 0.2) is 5.65 Å². The van der Waals surface area contributed by atoms with Crippen LogP contribution in [0.2, 0.25) is 0 Å². The first-order valence-electron chi connectivity index (χ1n) is 9.01. The van der Waals surface area contributed by atoms with E-state index in [1.165, 1.54) is 0 Å². The third-order valence-corrected chi connectivity index (χ3v) is 5.08. The van der Waals surface area contributed by atoms with E-state index in [1.54, 1.807) is 16.9 Å². The largest absolute Gasteiger partial charge is 0.348 e. The predicted octanol–water partition coefficient (Wildman–Crippen LogP) is 3.42. The summed E-state index contributed by atoms with van der Waals surface area (Å²) in [6.45, 7) is 3.82. The highest BCUT2D eigenvalue weighted by molar-refractivity contribution is 9.10. The Morgan fingerprint density at radius 2 is 1.97 bits per heavy atom. The number of H-pyrrole nitrogens is 1. The van der Waals surface area contributed by atoms with E-state index < -0.39 is 0 Å². The van der Waals surface area contributed by atoms with Crippen molar-refractivity contribution in [2.24, 2.45) is 0 Å². The Morgan fingerprint density at radius 1 is 1.21 bits per heavy atom. The molecule has 0 fully saturated rings. The highest BCUT2D eigenvalue weighted by atomic mass is 79.9. The lowest BCUT2D eigenvalue weighted by molar-refractivity contribution is 0.0952. The summed E-state index contributed by atoms with van der Waals surface area (Å²) in [5.41, 5.74) is 3.82. The van der Waals surface area contributed by atoms with E-state index in [1.807, 2.05) is 50.2 Å². The molecule has 0 bridgehead atoms. The number of nitrogens with zero attached hydrogens (tertiary/aromatic N) is 3. The number of rotatable bonds is 4. The molecule has 2 N–H and O–H groups in total. The highest BCUT2D eigenvalue weighted by Gasteiger charge is 2.17. The van der Waals surface area contributed by atoms with E-state index in [-0.39, 0.29) is 18.0 Å². The van der Waals surface area contributed by atoms with Crippen LogP contribution in [0.3, 0.4) is 0 Å². The van der Waals surface area contributed by atoms with Crippen LogP contribution in [0.15, 0.2) is 58.1 Å². The van der Waals surface area contributed by atoms with Gasteiger partial charge in [0, 0.05) is 17.8 Å². The normalized spacial score (nSPS) is 11.0. The monoisotopic (exact) mass is 451 g/mol. The molecule has 0 unspecified atom stereocenters. The highest BCUT2D eigenvalue weighted by Crippen LogP contribution is 2.23.